The van der Waals surface area contributed by atoms with Crippen LogP contribution in [0.15, 0.2) is 36.4 Å². The maximum Gasteiger partial charge on any atom is 0.142 e. The second kappa shape index (κ2) is 5.28. The number of aryl methyl sites for hydroxylation is 1. The highest BCUT2D eigenvalue weighted by Gasteiger charge is 2.09. The largest absolute Gasteiger partial charge is 0.457 e. The molecule has 0 aromatic heterocycles. The van der Waals surface area contributed by atoms with Gasteiger partial charge in [0.2, 0.25) is 0 Å². The minimum atomic E-state index is -0.510. The zero-order valence-electron chi connectivity index (χ0n) is 10.2. The Hall–Kier alpha value is -2.07. The predicted octanol–water partition coefficient (Wildman–Crippen LogP) is 3.86. The summed E-state index contributed by atoms with van der Waals surface area (Å²) in [6.07, 6.45) is 0. The Morgan fingerprint density at radius 3 is 2.63 bits per heavy atom. The zero-order valence-corrected chi connectivity index (χ0v) is 11.0. The molecule has 0 aliphatic carbocycles. The van der Waals surface area contributed by atoms with Crippen molar-refractivity contribution in [3.8, 4) is 11.5 Å². The van der Waals surface area contributed by atoms with Crippen molar-refractivity contribution in [3.05, 3.63) is 58.4 Å². The molecule has 2 aromatic carbocycles. The van der Waals surface area contributed by atoms with Gasteiger partial charge in [-0.05, 0) is 31.2 Å². The molecule has 3 nitrogen and oxygen atoms in total. The molecule has 0 fully saturated rings. The first-order valence-electron chi connectivity index (χ1n) is 5.55. The van der Waals surface area contributed by atoms with Crippen molar-refractivity contribution in [3.63, 3.8) is 0 Å². The van der Waals surface area contributed by atoms with Gasteiger partial charge in [-0.3, -0.25) is 5.41 Å². The fourth-order valence-electron chi connectivity index (χ4n) is 1.61. The van der Waals surface area contributed by atoms with Gasteiger partial charge in [-0.15, -0.1) is 0 Å². The average Bonchev–Trinajstić information content (AvgIpc) is 2.36. The lowest BCUT2D eigenvalue weighted by atomic mass is 10.1. The summed E-state index contributed by atoms with van der Waals surface area (Å²) in [7, 11) is 0. The van der Waals surface area contributed by atoms with Gasteiger partial charge in [-0.2, -0.15) is 0 Å². The number of ether oxygens (including phenoxy) is 1. The highest BCUT2D eigenvalue weighted by molar-refractivity contribution is 6.30. The molecule has 0 atom stereocenters. The highest BCUT2D eigenvalue weighted by Crippen LogP contribution is 2.28. The van der Waals surface area contributed by atoms with Gasteiger partial charge in [-0.1, -0.05) is 23.2 Å². The summed E-state index contributed by atoms with van der Waals surface area (Å²) in [5.41, 5.74) is 6.96. The number of benzene rings is 2. The molecular formula is C14H12ClFN2O. The Bertz CT molecular complexity index is 643. The third-order valence-corrected chi connectivity index (χ3v) is 2.83. The van der Waals surface area contributed by atoms with Crippen LogP contribution in [0.1, 0.15) is 11.1 Å². The van der Waals surface area contributed by atoms with E-state index in [1.165, 1.54) is 18.2 Å². The van der Waals surface area contributed by atoms with E-state index >= 15 is 0 Å². The summed E-state index contributed by atoms with van der Waals surface area (Å²) in [6.45, 7) is 1.89. The molecule has 0 amide bonds. The van der Waals surface area contributed by atoms with E-state index in [4.69, 9.17) is 27.5 Å². The number of halogens is 2. The van der Waals surface area contributed by atoms with Crippen LogP contribution in [-0.2, 0) is 0 Å². The summed E-state index contributed by atoms with van der Waals surface area (Å²) >= 11 is 5.69. The first kappa shape index (κ1) is 13.4. The summed E-state index contributed by atoms with van der Waals surface area (Å²) < 4.78 is 18.6. The monoisotopic (exact) mass is 278 g/mol. The second-order valence-electron chi connectivity index (χ2n) is 4.09. The number of hydrogen-bond acceptors (Lipinski definition) is 2. The van der Waals surface area contributed by atoms with Crippen LogP contribution in [-0.4, -0.2) is 5.84 Å². The molecule has 0 saturated heterocycles. The minimum Gasteiger partial charge on any atom is -0.457 e. The number of nitrogen functional groups attached to an aromatic ring is 1. The first-order chi connectivity index (χ1) is 8.97. The van der Waals surface area contributed by atoms with Crippen LogP contribution in [0.5, 0.6) is 11.5 Å². The van der Waals surface area contributed by atoms with E-state index < -0.39 is 5.82 Å². The van der Waals surface area contributed by atoms with E-state index in [0.29, 0.717) is 17.1 Å². The van der Waals surface area contributed by atoms with Crippen LogP contribution in [0.3, 0.4) is 0 Å². The van der Waals surface area contributed by atoms with E-state index in [-0.39, 0.29) is 10.9 Å². The Balaban J connectivity index is 2.37. The Labute approximate surface area is 115 Å². The Kier molecular flexibility index (Phi) is 3.71. The van der Waals surface area contributed by atoms with Crippen LogP contribution < -0.4 is 10.5 Å². The predicted molar refractivity (Wildman–Crippen MR) is 73.7 cm³/mol. The van der Waals surface area contributed by atoms with Crippen molar-refractivity contribution in [1.82, 2.24) is 0 Å². The number of amidine groups is 1. The van der Waals surface area contributed by atoms with Crippen molar-refractivity contribution in [2.24, 2.45) is 5.73 Å². The quantitative estimate of drug-likeness (QED) is 0.661. The number of rotatable bonds is 3. The van der Waals surface area contributed by atoms with E-state index in [2.05, 4.69) is 0 Å². The van der Waals surface area contributed by atoms with Gasteiger partial charge in [0.1, 0.15) is 23.2 Å². The fourth-order valence-corrected chi connectivity index (χ4v) is 1.78. The van der Waals surface area contributed by atoms with E-state index in [1.807, 2.05) is 13.0 Å². The van der Waals surface area contributed by atoms with Crippen LogP contribution in [0.25, 0.3) is 0 Å². The molecule has 0 radical (unpaired) electrons. The average molecular weight is 279 g/mol. The molecule has 98 valence electrons. The molecule has 3 N–H and O–H groups in total. The SMILES string of the molecule is Cc1ccc(Oc2ccc(F)c(Cl)c2)c(C(=N)N)c1. The number of hydrogen-bond donors (Lipinski definition) is 2. The highest BCUT2D eigenvalue weighted by atomic mass is 35.5. The Morgan fingerprint density at radius 1 is 1.26 bits per heavy atom. The minimum absolute atomic E-state index is 0.0195. The molecule has 2 aromatic rings. The summed E-state index contributed by atoms with van der Waals surface area (Å²) in [5.74, 6) is 0.218. The van der Waals surface area contributed by atoms with Crippen molar-refractivity contribution in [1.29, 1.82) is 5.41 Å². The fraction of sp³-hybridized carbons (Fsp3) is 0.0714. The van der Waals surface area contributed by atoms with Crippen molar-refractivity contribution in [2.75, 3.05) is 0 Å². The summed E-state index contributed by atoms with van der Waals surface area (Å²) in [5, 5.41) is 7.51. The summed E-state index contributed by atoms with van der Waals surface area (Å²) in [4.78, 5) is 0. The lowest BCUT2D eigenvalue weighted by Crippen LogP contribution is -2.12. The van der Waals surface area contributed by atoms with Crippen LogP contribution >= 0.6 is 11.6 Å². The molecule has 0 bridgehead atoms. The van der Waals surface area contributed by atoms with E-state index in [1.54, 1.807) is 12.1 Å². The maximum absolute atomic E-state index is 13.1. The third-order valence-electron chi connectivity index (χ3n) is 2.54. The molecule has 19 heavy (non-hydrogen) atoms. The van der Waals surface area contributed by atoms with Crippen molar-refractivity contribution < 1.29 is 9.13 Å². The maximum atomic E-state index is 13.1. The van der Waals surface area contributed by atoms with Crippen LogP contribution in [0.2, 0.25) is 5.02 Å². The van der Waals surface area contributed by atoms with Crippen LogP contribution in [0, 0.1) is 18.2 Å². The standard InChI is InChI=1S/C14H12ClFN2O/c1-8-2-5-13(10(6-8)14(17)18)19-9-3-4-12(16)11(15)7-9/h2-7H,1H3,(H3,17,18). The van der Waals surface area contributed by atoms with Gasteiger partial charge in [0.05, 0.1) is 10.6 Å². The van der Waals surface area contributed by atoms with Gasteiger partial charge < -0.3 is 10.5 Å². The van der Waals surface area contributed by atoms with Gasteiger partial charge in [-0.25, -0.2) is 4.39 Å². The molecule has 0 unspecified atom stereocenters. The lowest BCUT2D eigenvalue weighted by molar-refractivity contribution is 0.479. The van der Waals surface area contributed by atoms with E-state index in [0.717, 1.165) is 5.56 Å². The molecule has 2 rings (SSSR count). The van der Waals surface area contributed by atoms with Gasteiger partial charge in [0, 0.05) is 6.07 Å². The molecule has 0 aliphatic heterocycles. The molecule has 0 heterocycles. The lowest BCUT2D eigenvalue weighted by Gasteiger charge is -2.11. The Morgan fingerprint density at radius 2 is 2.00 bits per heavy atom. The van der Waals surface area contributed by atoms with Gasteiger partial charge in [0.25, 0.3) is 0 Å². The van der Waals surface area contributed by atoms with E-state index in [9.17, 15) is 4.39 Å². The second-order valence-corrected chi connectivity index (χ2v) is 4.50. The summed E-state index contributed by atoms with van der Waals surface area (Å²) in [6, 6.07) is 9.37. The molecular weight excluding hydrogens is 267 g/mol. The molecule has 0 saturated carbocycles. The van der Waals surface area contributed by atoms with Crippen LogP contribution in [0.4, 0.5) is 4.39 Å². The molecule has 0 aliphatic rings. The van der Waals surface area contributed by atoms with Crippen molar-refractivity contribution in [2.45, 2.75) is 6.92 Å². The first-order valence-corrected chi connectivity index (χ1v) is 5.93. The van der Waals surface area contributed by atoms with Gasteiger partial charge in [0.15, 0.2) is 0 Å². The molecule has 5 heteroatoms. The molecule has 0 spiro atoms. The third kappa shape index (κ3) is 3.03. The normalized spacial score (nSPS) is 10.3. The smallest absolute Gasteiger partial charge is 0.142 e. The van der Waals surface area contributed by atoms with Gasteiger partial charge >= 0.3 is 0 Å². The zero-order chi connectivity index (χ0) is 14.0. The topological polar surface area (TPSA) is 59.1 Å². The van der Waals surface area contributed by atoms with Crippen molar-refractivity contribution >= 4 is 17.4 Å². The number of nitrogens with two attached hydrogens (primary N) is 1. The number of nitrogens with one attached hydrogen (secondary N) is 1.